The van der Waals surface area contributed by atoms with Gasteiger partial charge in [-0.25, -0.2) is 0 Å². The van der Waals surface area contributed by atoms with Crippen LogP contribution in [0.1, 0.15) is 35.4 Å². The average Bonchev–Trinajstić information content (AvgIpc) is 2.95. The summed E-state index contributed by atoms with van der Waals surface area (Å²) in [5.41, 5.74) is 0.140. The zero-order valence-corrected chi connectivity index (χ0v) is 15.1. The maximum Gasteiger partial charge on any atom is 0.261 e. The molecule has 1 aliphatic rings. The van der Waals surface area contributed by atoms with Crippen LogP contribution in [0.25, 0.3) is 0 Å². The Kier molecular flexibility index (Phi) is 5.09. The Labute approximate surface area is 135 Å². The fourth-order valence-corrected chi connectivity index (χ4v) is 4.56. The van der Waals surface area contributed by atoms with Gasteiger partial charge in [-0.2, -0.15) is 0 Å². The van der Waals surface area contributed by atoms with Gasteiger partial charge in [-0.1, -0.05) is 12.8 Å². The minimum Gasteiger partial charge on any atom is -0.349 e. The van der Waals surface area contributed by atoms with E-state index in [0.29, 0.717) is 0 Å². The molecule has 0 radical (unpaired) electrons. The van der Waals surface area contributed by atoms with Crippen LogP contribution in [-0.4, -0.2) is 37.0 Å². The number of amides is 1. The highest BCUT2D eigenvalue weighted by atomic mass is 79.9. The quantitative estimate of drug-likeness (QED) is 0.818. The number of nitrogens with one attached hydrogen (secondary N) is 1. The Morgan fingerprint density at radius 2 is 2.05 bits per heavy atom. The molecule has 106 valence electrons. The topological polar surface area (TPSA) is 32.3 Å². The van der Waals surface area contributed by atoms with Gasteiger partial charge < -0.3 is 10.2 Å². The second-order valence-corrected chi connectivity index (χ2v) is 8.47. The van der Waals surface area contributed by atoms with Crippen molar-refractivity contribution in [3.05, 3.63) is 19.2 Å². The average molecular weight is 410 g/mol. The van der Waals surface area contributed by atoms with Crippen molar-refractivity contribution in [3.8, 4) is 0 Å². The number of nitrogens with zero attached hydrogens (tertiary/aromatic N) is 1. The van der Waals surface area contributed by atoms with Gasteiger partial charge in [0.2, 0.25) is 0 Å². The highest BCUT2D eigenvalue weighted by molar-refractivity contribution is 9.13. The second-order valence-electron chi connectivity index (χ2n) is 5.24. The summed E-state index contributed by atoms with van der Waals surface area (Å²) in [4.78, 5) is 15.2. The van der Waals surface area contributed by atoms with Crippen LogP contribution in [0.5, 0.6) is 0 Å². The van der Waals surface area contributed by atoms with E-state index >= 15 is 0 Å². The number of rotatable bonds is 4. The largest absolute Gasteiger partial charge is 0.349 e. The summed E-state index contributed by atoms with van der Waals surface area (Å²) in [7, 11) is 4.21. The Morgan fingerprint density at radius 3 is 2.53 bits per heavy atom. The molecule has 0 atom stereocenters. The van der Waals surface area contributed by atoms with Crippen molar-refractivity contribution >= 4 is 49.1 Å². The predicted octanol–water partition coefficient (Wildman–Crippen LogP) is 3.88. The van der Waals surface area contributed by atoms with Crippen molar-refractivity contribution in [2.24, 2.45) is 0 Å². The Bertz CT molecular complexity index is 448. The summed E-state index contributed by atoms with van der Waals surface area (Å²) in [5.74, 6) is 0.0181. The third-order valence-electron chi connectivity index (χ3n) is 3.93. The molecule has 0 bridgehead atoms. The van der Waals surface area contributed by atoms with Crippen molar-refractivity contribution < 1.29 is 4.79 Å². The molecule has 1 heterocycles. The first-order chi connectivity index (χ1) is 8.94. The molecule has 0 unspecified atom stereocenters. The number of carbonyl (C=O) groups is 1. The summed E-state index contributed by atoms with van der Waals surface area (Å²) in [6, 6.07) is 1.86. The molecule has 1 saturated carbocycles. The van der Waals surface area contributed by atoms with Crippen molar-refractivity contribution in [2.45, 2.75) is 31.2 Å². The normalized spacial score (nSPS) is 17.9. The van der Waals surface area contributed by atoms with Gasteiger partial charge in [-0.05, 0) is 64.9 Å². The maximum atomic E-state index is 12.2. The number of halogens is 2. The molecule has 2 rings (SSSR count). The van der Waals surface area contributed by atoms with Crippen molar-refractivity contribution in [1.29, 1.82) is 0 Å². The van der Waals surface area contributed by atoms with E-state index < -0.39 is 0 Å². The SMILES string of the molecule is CN(C)C1(CNC(=O)c2cc(Br)c(Br)s2)CCCC1. The van der Waals surface area contributed by atoms with Gasteiger partial charge in [0.1, 0.15) is 0 Å². The lowest BCUT2D eigenvalue weighted by Crippen LogP contribution is -2.50. The lowest BCUT2D eigenvalue weighted by atomic mass is 9.96. The Morgan fingerprint density at radius 1 is 1.42 bits per heavy atom. The van der Waals surface area contributed by atoms with Crippen molar-refractivity contribution in [1.82, 2.24) is 10.2 Å². The molecule has 0 aliphatic heterocycles. The fraction of sp³-hybridized carbons (Fsp3) is 0.615. The van der Waals surface area contributed by atoms with Gasteiger partial charge >= 0.3 is 0 Å². The smallest absolute Gasteiger partial charge is 0.261 e. The molecule has 0 saturated heterocycles. The number of likely N-dealkylation sites (N-methyl/N-ethyl adjacent to an activating group) is 1. The summed E-state index contributed by atoms with van der Waals surface area (Å²) in [6.07, 6.45) is 4.84. The molecule has 1 aromatic heterocycles. The first-order valence-corrected chi connectivity index (χ1v) is 8.75. The predicted molar refractivity (Wildman–Crippen MR) is 86.9 cm³/mol. The minimum absolute atomic E-state index is 0.0181. The lowest BCUT2D eigenvalue weighted by Gasteiger charge is -2.36. The molecule has 1 aromatic rings. The highest BCUT2D eigenvalue weighted by Crippen LogP contribution is 2.34. The van der Waals surface area contributed by atoms with E-state index in [0.717, 1.165) is 32.5 Å². The molecular weight excluding hydrogens is 392 g/mol. The molecule has 1 fully saturated rings. The Balaban J connectivity index is 1.99. The van der Waals surface area contributed by atoms with E-state index in [1.165, 1.54) is 24.2 Å². The summed E-state index contributed by atoms with van der Waals surface area (Å²) >= 11 is 8.29. The van der Waals surface area contributed by atoms with Gasteiger partial charge in [0.15, 0.2) is 0 Å². The van der Waals surface area contributed by atoms with E-state index in [4.69, 9.17) is 0 Å². The molecular formula is C13H18Br2N2OS. The number of hydrogen-bond acceptors (Lipinski definition) is 3. The molecule has 3 nitrogen and oxygen atoms in total. The van der Waals surface area contributed by atoms with Crippen LogP contribution in [0, 0.1) is 0 Å². The third kappa shape index (κ3) is 3.40. The van der Waals surface area contributed by atoms with Gasteiger partial charge in [0, 0.05) is 16.6 Å². The first kappa shape index (κ1) is 15.5. The van der Waals surface area contributed by atoms with Gasteiger partial charge in [0.05, 0.1) is 8.66 Å². The third-order valence-corrected chi connectivity index (χ3v) is 7.18. The van der Waals surface area contributed by atoms with Crippen molar-refractivity contribution in [3.63, 3.8) is 0 Å². The monoisotopic (exact) mass is 408 g/mol. The summed E-state index contributed by atoms with van der Waals surface area (Å²) in [5, 5.41) is 3.09. The van der Waals surface area contributed by atoms with Crippen LogP contribution in [0.2, 0.25) is 0 Å². The van der Waals surface area contributed by atoms with Gasteiger partial charge in [-0.3, -0.25) is 4.79 Å². The van der Waals surface area contributed by atoms with Crippen LogP contribution < -0.4 is 5.32 Å². The second kappa shape index (κ2) is 6.24. The van der Waals surface area contributed by atoms with E-state index in [-0.39, 0.29) is 11.4 Å². The van der Waals surface area contributed by atoms with Crippen LogP contribution in [0.3, 0.4) is 0 Å². The van der Waals surface area contributed by atoms with Crippen LogP contribution in [0.4, 0.5) is 0 Å². The molecule has 1 aliphatic carbocycles. The fourth-order valence-electron chi connectivity index (χ4n) is 2.61. The lowest BCUT2D eigenvalue weighted by molar-refractivity contribution is 0.0904. The van der Waals surface area contributed by atoms with Crippen LogP contribution in [-0.2, 0) is 0 Å². The molecule has 0 aromatic carbocycles. The number of thiophene rings is 1. The molecule has 6 heteroatoms. The van der Waals surface area contributed by atoms with Crippen molar-refractivity contribution in [2.75, 3.05) is 20.6 Å². The minimum atomic E-state index is 0.0181. The zero-order chi connectivity index (χ0) is 14.0. The summed E-state index contributed by atoms with van der Waals surface area (Å²) in [6.45, 7) is 0.728. The van der Waals surface area contributed by atoms with Crippen LogP contribution in [0.15, 0.2) is 14.3 Å². The molecule has 1 amide bonds. The number of carbonyl (C=O) groups excluding carboxylic acids is 1. The first-order valence-electron chi connectivity index (χ1n) is 6.35. The van der Waals surface area contributed by atoms with Crippen LogP contribution >= 0.6 is 43.2 Å². The number of hydrogen-bond donors (Lipinski definition) is 1. The van der Waals surface area contributed by atoms with E-state index in [2.05, 4.69) is 56.2 Å². The van der Waals surface area contributed by atoms with Gasteiger partial charge in [0.25, 0.3) is 5.91 Å². The standard InChI is InChI=1S/C13H18Br2N2OS/c1-17(2)13(5-3-4-6-13)8-16-12(18)10-7-9(14)11(15)19-10/h7H,3-6,8H2,1-2H3,(H,16,18). The molecule has 1 N–H and O–H groups in total. The van der Waals surface area contributed by atoms with Gasteiger partial charge in [-0.15, -0.1) is 11.3 Å². The van der Waals surface area contributed by atoms with E-state index in [1.807, 2.05) is 6.07 Å². The summed E-state index contributed by atoms with van der Waals surface area (Å²) < 4.78 is 1.90. The molecule has 0 spiro atoms. The van der Waals surface area contributed by atoms with E-state index in [9.17, 15) is 4.79 Å². The van der Waals surface area contributed by atoms with E-state index in [1.54, 1.807) is 0 Å². The Hall–Kier alpha value is 0.0900. The highest BCUT2D eigenvalue weighted by Gasteiger charge is 2.36. The maximum absolute atomic E-state index is 12.2. The molecule has 19 heavy (non-hydrogen) atoms. The zero-order valence-electron chi connectivity index (χ0n) is 11.1.